The highest BCUT2D eigenvalue weighted by atomic mass is 35.5. The summed E-state index contributed by atoms with van der Waals surface area (Å²) in [5.41, 5.74) is 2.06. The van der Waals surface area contributed by atoms with Crippen molar-refractivity contribution in [3.8, 4) is 0 Å². The van der Waals surface area contributed by atoms with Gasteiger partial charge in [-0.05, 0) is 43.3 Å². The molecule has 0 heterocycles. The molecule has 2 aromatic rings. The van der Waals surface area contributed by atoms with Gasteiger partial charge in [0.2, 0.25) is 0 Å². The molecule has 0 saturated carbocycles. The maximum absolute atomic E-state index is 12.1. The summed E-state index contributed by atoms with van der Waals surface area (Å²) in [6.45, 7) is 1.73. The van der Waals surface area contributed by atoms with Gasteiger partial charge in [0.25, 0.3) is 0 Å². The monoisotopic (exact) mass is 301 g/mol. The molecule has 2 rings (SSSR count). The van der Waals surface area contributed by atoms with Gasteiger partial charge in [0.05, 0.1) is 0 Å². The van der Waals surface area contributed by atoms with Gasteiger partial charge in [-0.15, -0.1) is 0 Å². The smallest absolute Gasteiger partial charge is 0.164 e. The van der Waals surface area contributed by atoms with Crippen LogP contribution >= 0.6 is 11.6 Å². The number of carbonyl (C=O) groups excluding carboxylic acids is 1. The molecule has 0 radical (unpaired) electrons. The summed E-state index contributed by atoms with van der Waals surface area (Å²) < 4.78 is 0. The zero-order chi connectivity index (χ0) is 15.1. The van der Waals surface area contributed by atoms with Gasteiger partial charge in [0.15, 0.2) is 5.78 Å². The van der Waals surface area contributed by atoms with Crippen molar-refractivity contribution in [2.45, 2.75) is 12.8 Å². The van der Waals surface area contributed by atoms with Crippen molar-refractivity contribution < 1.29 is 4.79 Å². The Balaban J connectivity index is 1.74. The second kappa shape index (κ2) is 7.96. The second-order valence-electron chi connectivity index (χ2n) is 5.22. The normalized spacial score (nSPS) is 10.8. The fourth-order valence-corrected chi connectivity index (χ4v) is 2.27. The van der Waals surface area contributed by atoms with E-state index in [2.05, 4.69) is 36.2 Å². The van der Waals surface area contributed by atoms with Gasteiger partial charge < -0.3 is 4.90 Å². The van der Waals surface area contributed by atoms with Crippen molar-refractivity contribution in [2.24, 2.45) is 0 Å². The number of Topliss-reactive ketones (excluding diaryl/α,β-unsaturated/α-hetero) is 1. The Labute approximate surface area is 131 Å². The summed E-state index contributed by atoms with van der Waals surface area (Å²) in [6.07, 6.45) is 1.54. The number of carbonyl (C=O) groups is 1. The molecular weight excluding hydrogens is 282 g/mol. The van der Waals surface area contributed by atoms with E-state index in [9.17, 15) is 4.79 Å². The number of rotatable bonds is 7. The molecule has 2 nitrogen and oxygen atoms in total. The molecule has 0 unspecified atom stereocenters. The topological polar surface area (TPSA) is 20.3 Å². The Bertz CT molecular complexity index is 566. The van der Waals surface area contributed by atoms with Crippen LogP contribution in [0.4, 0.5) is 0 Å². The first-order chi connectivity index (χ1) is 10.1. The number of hydrogen-bond acceptors (Lipinski definition) is 2. The van der Waals surface area contributed by atoms with E-state index in [1.807, 2.05) is 6.07 Å². The lowest BCUT2D eigenvalue weighted by molar-refractivity contribution is 0.0969. The molecule has 0 aliphatic heterocycles. The highest BCUT2D eigenvalue weighted by Gasteiger charge is 2.07. The molecule has 0 atom stereocenters. The van der Waals surface area contributed by atoms with Gasteiger partial charge in [-0.25, -0.2) is 0 Å². The quantitative estimate of drug-likeness (QED) is 0.718. The maximum atomic E-state index is 12.1. The Kier molecular flexibility index (Phi) is 5.97. The van der Waals surface area contributed by atoms with Crippen molar-refractivity contribution in [1.29, 1.82) is 0 Å². The van der Waals surface area contributed by atoms with Gasteiger partial charge in [0.1, 0.15) is 0 Å². The first kappa shape index (κ1) is 15.7. The molecule has 21 heavy (non-hydrogen) atoms. The molecule has 0 aromatic heterocycles. The lowest BCUT2D eigenvalue weighted by atomic mass is 10.1. The molecule has 0 fully saturated rings. The van der Waals surface area contributed by atoms with Gasteiger partial charge in [-0.2, -0.15) is 0 Å². The molecule has 0 N–H and O–H groups in total. The zero-order valence-corrected chi connectivity index (χ0v) is 13.0. The molecule has 0 aliphatic rings. The molecule has 0 aliphatic carbocycles. The summed E-state index contributed by atoms with van der Waals surface area (Å²) in [5.74, 6) is 0.165. The van der Waals surface area contributed by atoms with Crippen molar-refractivity contribution in [3.05, 3.63) is 70.7 Å². The third-order valence-electron chi connectivity index (χ3n) is 3.51. The van der Waals surface area contributed by atoms with Crippen LogP contribution in [-0.4, -0.2) is 30.8 Å². The van der Waals surface area contributed by atoms with Crippen LogP contribution in [-0.2, 0) is 6.42 Å². The van der Waals surface area contributed by atoms with Crippen LogP contribution in [0.3, 0.4) is 0 Å². The minimum absolute atomic E-state index is 0.165. The summed E-state index contributed by atoms with van der Waals surface area (Å²) in [5, 5.41) is 0.659. The van der Waals surface area contributed by atoms with E-state index in [-0.39, 0.29) is 5.78 Å². The number of hydrogen-bond donors (Lipinski definition) is 0. The van der Waals surface area contributed by atoms with E-state index in [4.69, 9.17) is 11.6 Å². The van der Waals surface area contributed by atoms with Crippen LogP contribution in [0.15, 0.2) is 54.6 Å². The second-order valence-corrected chi connectivity index (χ2v) is 5.66. The van der Waals surface area contributed by atoms with Crippen LogP contribution in [0, 0.1) is 0 Å². The molecule has 0 amide bonds. The summed E-state index contributed by atoms with van der Waals surface area (Å²) in [4.78, 5) is 14.3. The third kappa shape index (κ3) is 5.33. The molecule has 3 heteroatoms. The van der Waals surface area contributed by atoms with Crippen molar-refractivity contribution in [2.75, 3.05) is 20.1 Å². The van der Waals surface area contributed by atoms with Crippen LogP contribution in [0.25, 0.3) is 0 Å². The van der Waals surface area contributed by atoms with E-state index in [1.165, 1.54) is 5.56 Å². The SMILES string of the molecule is CN(CCC(=O)c1ccc(Cl)cc1)CCc1ccccc1. The van der Waals surface area contributed by atoms with E-state index in [1.54, 1.807) is 24.3 Å². The van der Waals surface area contributed by atoms with Crippen molar-refractivity contribution in [1.82, 2.24) is 4.90 Å². The Morgan fingerprint density at radius 2 is 1.67 bits per heavy atom. The van der Waals surface area contributed by atoms with Gasteiger partial charge >= 0.3 is 0 Å². The fourth-order valence-electron chi connectivity index (χ4n) is 2.15. The zero-order valence-electron chi connectivity index (χ0n) is 12.3. The van der Waals surface area contributed by atoms with Gasteiger partial charge in [-0.3, -0.25) is 4.79 Å². The highest BCUT2D eigenvalue weighted by Crippen LogP contribution is 2.11. The van der Waals surface area contributed by atoms with Crippen LogP contribution in [0.2, 0.25) is 5.02 Å². The Morgan fingerprint density at radius 3 is 2.33 bits per heavy atom. The average molecular weight is 302 g/mol. The van der Waals surface area contributed by atoms with E-state index >= 15 is 0 Å². The average Bonchev–Trinajstić information content (AvgIpc) is 2.52. The lowest BCUT2D eigenvalue weighted by Gasteiger charge is -2.16. The molecular formula is C18H20ClNO. The predicted octanol–water partition coefficient (Wildman–Crippen LogP) is 4.09. The number of halogens is 1. The summed E-state index contributed by atoms with van der Waals surface area (Å²) in [7, 11) is 2.05. The van der Waals surface area contributed by atoms with Crippen molar-refractivity contribution in [3.63, 3.8) is 0 Å². The third-order valence-corrected chi connectivity index (χ3v) is 3.76. The lowest BCUT2D eigenvalue weighted by Crippen LogP contribution is -2.24. The van der Waals surface area contributed by atoms with Crippen LogP contribution in [0.1, 0.15) is 22.3 Å². The number of likely N-dealkylation sites (N-methyl/N-ethyl adjacent to an activating group) is 1. The van der Waals surface area contributed by atoms with E-state index in [0.29, 0.717) is 11.4 Å². The molecule has 0 spiro atoms. The maximum Gasteiger partial charge on any atom is 0.164 e. The highest BCUT2D eigenvalue weighted by molar-refractivity contribution is 6.30. The number of nitrogens with zero attached hydrogens (tertiary/aromatic N) is 1. The molecule has 110 valence electrons. The summed E-state index contributed by atoms with van der Waals surface area (Å²) >= 11 is 5.82. The number of benzene rings is 2. The summed E-state index contributed by atoms with van der Waals surface area (Å²) in [6, 6.07) is 17.5. The first-order valence-corrected chi connectivity index (χ1v) is 7.54. The Hall–Kier alpha value is -1.64. The van der Waals surface area contributed by atoms with Gasteiger partial charge in [-0.1, -0.05) is 41.9 Å². The predicted molar refractivity (Wildman–Crippen MR) is 88.0 cm³/mol. The minimum Gasteiger partial charge on any atom is -0.306 e. The Morgan fingerprint density at radius 1 is 1.00 bits per heavy atom. The first-order valence-electron chi connectivity index (χ1n) is 7.16. The molecule has 0 bridgehead atoms. The molecule has 2 aromatic carbocycles. The molecule has 0 saturated heterocycles. The van der Waals surface area contributed by atoms with Gasteiger partial charge in [0, 0.05) is 30.1 Å². The van der Waals surface area contributed by atoms with Crippen molar-refractivity contribution >= 4 is 17.4 Å². The van der Waals surface area contributed by atoms with Crippen LogP contribution < -0.4 is 0 Å². The largest absolute Gasteiger partial charge is 0.306 e. The standard InChI is InChI=1S/C18H20ClNO/c1-20(13-11-15-5-3-2-4-6-15)14-12-18(21)16-7-9-17(19)10-8-16/h2-10H,11-14H2,1H3. The fraction of sp³-hybridized carbons (Fsp3) is 0.278. The number of ketones is 1. The van der Waals surface area contributed by atoms with E-state index < -0.39 is 0 Å². The minimum atomic E-state index is 0.165. The van der Waals surface area contributed by atoms with Crippen LogP contribution in [0.5, 0.6) is 0 Å². The van der Waals surface area contributed by atoms with E-state index in [0.717, 1.165) is 25.1 Å².